The maximum absolute atomic E-state index is 13.0. The van der Waals surface area contributed by atoms with Gasteiger partial charge in [-0.25, -0.2) is 16.8 Å². The summed E-state index contributed by atoms with van der Waals surface area (Å²) in [5, 5.41) is 10.0. The van der Waals surface area contributed by atoms with Gasteiger partial charge in [-0.3, -0.25) is 4.79 Å². The van der Waals surface area contributed by atoms with Crippen molar-refractivity contribution in [1.82, 2.24) is 8.61 Å². The third-order valence-corrected chi connectivity index (χ3v) is 8.73. The van der Waals surface area contributed by atoms with Gasteiger partial charge in [-0.1, -0.05) is 13.8 Å². The number of β-amino-alcohol motifs (C(OH)–C–C–N with tert-alkyl or cyclic N) is 1. The van der Waals surface area contributed by atoms with Gasteiger partial charge in [0.1, 0.15) is 0 Å². The summed E-state index contributed by atoms with van der Waals surface area (Å²) >= 11 is 0. The molecule has 11 heteroatoms. The molecule has 2 atom stereocenters. The standard InChI is InChI=1S/C18H28N2O7S2/c1-4-19(5-2)28(23,24)16-7-9-17(10-8-16)29(25,26)20-12-14(11-15(21)13-20)18(22)27-6-3/h7-10,14-15,21H,4-6,11-13H2,1-3H3. The molecule has 0 aromatic heterocycles. The number of piperidine rings is 1. The first kappa shape index (κ1) is 23.7. The molecule has 1 aromatic carbocycles. The molecule has 1 fully saturated rings. The summed E-state index contributed by atoms with van der Waals surface area (Å²) in [5.74, 6) is -1.30. The average molecular weight is 449 g/mol. The maximum atomic E-state index is 13.0. The van der Waals surface area contributed by atoms with E-state index in [1.165, 1.54) is 28.6 Å². The molecule has 2 unspecified atom stereocenters. The third kappa shape index (κ3) is 5.15. The minimum absolute atomic E-state index is 0.00299. The first-order chi connectivity index (χ1) is 13.6. The first-order valence-corrected chi connectivity index (χ1v) is 12.4. The fourth-order valence-electron chi connectivity index (χ4n) is 3.31. The maximum Gasteiger partial charge on any atom is 0.310 e. The Hall–Kier alpha value is -1.53. The van der Waals surface area contributed by atoms with Crippen LogP contribution < -0.4 is 0 Å². The summed E-state index contributed by atoms with van der Waals surface area (Å²) < 4.78 is 58.3. The van der Waals surface area contributed by atoms with Gasteiger partial charge in [0.2, 0.25) is 20.0 Å². The molecular formula is C18H28N2O7S2. The molecule has 0 bridgehead atoms. The Morgan fingerprint density at radius 2 is 1.62 bits per heavy atom. The van der Waals surface area contributed by atoms with Gasteiger partial charge in [0, 0.05) is 26.2 Å². The van der Waals surface area contributed by atoms with Crippen LogP contribution in [0.5, 0.6) is 0 Å². The quantitative estimate of drug-likeness (QED) is 0.580. The normalized spacial score (nSPS) is 21.3. The number of hydrogen-bond acceptors (Lipinski definition) is 7. The third-order valence-electron chi connectivity index (χ3n) is 4.82. The van der Waals surface area contributed by atoms with E-state index in [-0.39, 0.29) is 35.9 Å². The zero-order chi connectivity index (χ0) is 21.8. The number of benzene rings is 1. The second kappa shape index (κ2) is 9.52. The van der Waals surface area contributed by atoms with Crippen LogP contribution in [0.3, 0.4) is 0 Å². The number of nitrogens with zero attached hydrogens (tertiary/aromatic N) is 2. The lowest BCUT2D eigenvalue weighted by Gasteiger charge is -2.33. The van der Waals surface area contributed by atoms with Crippen LogP contribution in [0.1, 0.15) is 27.2 Å². The predicted octanol–water partition coefficient (Wildman–Crippen LogP) is 0.652. The van der Waals surface area contributed by atoms with Gasteiger partial charge in [-0.05, 0) is 37.6 Å². The van der Waals surface area contributed by atoms with Gasteiger partial charge >= 0.3 is 5.97 Å². The number of aliphatic hydroxyl groups excluding tert-OH is 1. The van der Waals surface area contributed by atoms with Crippen molar-refractivity contribution in [1.29, 1.82) is 0 Å². The molecule has 2 rings (SSSR count). The van der Waals surface area contributed by atoms with E-state index in [4.69, 9.17) is 4.74 Å². The molecule has 164 valence electrons. The van der Waals surface area contributed by atoms with Gasteiger partial charge in [0.05, 0.1) is 28.4 Å². The van der Waals surface area contributed by atoms with Gasteiger partial charge in [0.15, 0.2) is 0 Å². The summed E-state index contributed by atoms with van der Waals surface area (Å²) in [6.07, 6.45) is -0.860. The van der Waals surface area contributed by atoms with Crippen LogP contribution in [0.4, 0.5) is 0 Å². The molecule has 0 radical (unpaired) electrons. The topological polar surface area (TPSA) is 121 Å². The number of esters is 1. The molecule has 0 spiro atoms. The summed E-state index contributed by atoms with van der Waals surface area (Å²) in [7, 11) is -7.71. The Morgan fingerprint density at radius 1 is 1.07 bits per heavy atom. The Balaban J connectivity index is 2.28. The molecular weight excluding hydrogens is 420 g/mol. The van der Waals surface area contributed by atoms with Crippen LogP contribution in [0.15, 0.2) is 34.1 Å². The molecule has 29 heavy (non-hydrogen) atoms. The smallest absolute Gasteiger partial charge is 0.310 e. The van der Waals surface area contributed by atoms with Gasteiger partial charge in [0.25, 0.3) is 0 Å². The molecule has 0 amide bonds. The van der Waals surface area contributed by atoms with Crippen molar-refractivity contribution in [3.63, 3.8) is 0 Å². The lowest BCUT2D eigenvalue weighted by Crippen LogP contribution is -2.48. The number of rotatable bonds is 8. The Labute approximate surface area is 172 Å². The number of sulfonamides is 2. The van der Waals surface area contributed by atoms with Crippen LogP contribution in [0.25, 0.3) is 0 Å². The molecule has 1 aromatic rings. The zero-order valence-electron chi connectivity index (χ0n) is 16.8. The fourth-order valence-corrected chi connectivity index (χ4v) is 6.29. The summed E-state index contributed by atoms with van der Waals surface area (Å²) in [5.41, 5.74) is 0. The van der Waals surface area contributed by atoms with E-state index in [1.807, 2.05) is 0 Å². The van der Waals surface area contributed by atoms with Crippen molar-refractivity contribution in [2.24, 2.45) is 5.92 Å². The minimum atomic E-state index is -4.01. The van der Waals surface area contributed by atoms with Crippen molar-refractivity contribution in [3.05, 3.63) is 24.3 Å². The summed E-state index contributed by atoms with van der Waals surface area (Å²) in [6, 6.07) is 4.96. The predicted molar refractivity (Wildman–Crippen MR) is 106 cm³/mol. The number of ether oxygens (including phenoxy) is 1. The molecule has 1 saturated heterocycles. The lowest BCUT2D eigenvalue weighted by atomic mass is 9.98. The zero-order valence-corrected chi connectivity index (χ0v) is 18.4. The van der Waals surface area contributed by atoms with Crippen molar-refractivity contribution < 1.29 is 31.5 Å². The number of aliphatic hydroxyl groups is 1. The van der Waals surface area contributed by atoms with Crippen LogP contribution in [-0.4, -0.2) is 75.4 Å². The highest BCUT2D eigenvalue weighted by Crippen LogP contribution is 2.26. The SMILES string of the molecule is CCOC(=O)C1CC(O)CN(S(=O)(=O)c2ccc(S(=O)(=O)N(CC)CC)cc2)C1. The Bertz CT molecular complexity index is 910. The number of carbonyl (C=O) groups excluding carboxylic acids is 1. The van der Waals surface area contributed by atoms with Gasteiger partial charge < -0.3 is 9.84 Å². The van der Waals surface area contributed by atoms with Gasteiger partial charge in [-0.2, -0.15) is 8.61 Å². The van der Waals surface area contributed by atoms with E-state index in [9.17, 15) is 26.7 Å². The van der Waals surface area contributed by atoms with Crippen LogP contribution in [0, 0.1) is 5.92 Å². The van der Waals surface area contributed by atoms with E-state index in [0.717, 1.165) is 4.31 Å². The van der Waals surface area contributed by atoms with E-state index in [0.29, 0.717) is 13.1 Å². The summed E-state index contributed by atoms with van der Waals surface area (Å²) in [4.78, 5) is 11.9. The highest BCUT2D eigenvalue weighted by molar-refractivity contribution is 7.89. The second-order valence-corrected chi connectivity index (χ2v) is 10.6. The highest BCUT2D eigenvalue weighted by Gasteiger charge is 2.38. The molecule has 1 aliphatic rings. The van der Waals surface area contributed by atoms with E-state index < -0.39 is 38.0 Å². The molecule has 1 heterocycles. The monoisotopic (exact) mass is 448 g/mol. The molecule has 0 aliphatic carbocycles. The Morgan fingerprint density at radius 3 is 2.14 bits per heavy atom. The average Bonchev–Trinajstić information content (AvgIpc) is 2.68. The summed E-state index contributed by atoms with van der Waals surface area (Å²) in [6.45, 7) is 5.64. The van der Waals surface area contributed by atoms with E-state index in [1.54, 1.807) is 20.8 Å². The van der Waals surface area contributed by atoms with Crippen LogP contribution >= 0.6 is 0 Å². The lowest BCUT2D eigenvalue weighted by molar-refractivity contribution is -0.150. The van der Waals surface area contributed by atoms with Crippen molar-refractivity contribution in [2.45, 2.75) is 43.1 Å². The van der Waals surface area contributed by atoms with E-state index in [2.05, 4.69) is 0 Å². The highest BCUT2D eigenvalue weighted by atomic mass is 32.2. The number of carbonyl (C=O) groups is 1. The molecule has 1 aliphatic heterocycles. The number of hydrogen-bond donors (Lipinski definition) is 1. The molecule has 1 N–H and O–H groups in total. The van der Waals surface area contributed by atoms with Crippen molar-refractivity contribution >= 4 is 26.0 Å². The molecule has 9 nitrogen and oxygen atoms in total. The fraction of sp³-hybridized carbons (Fsp3) is 0.611. The van der Waals surface area contributed by atoms with Gasteiger partial charge in [-0.15, -0.1) is 0 Å². The van der Waals surface area contributed by atoms with Crippen molar-refractivity contribution in [3.8, 4) is 0 Å². The van der Waals surface area contributed by atoms with Crippen LogP contribution in [0.2, 0.25) is 0 Å². The van der Waals surface area contributed by atoms with E-state index >= 15 is 0 Å². The largest absolute Gasteiger partial charge is 0.466 e. The first-order valence-electron chi connectivity index (χ1n) is 9.52. The second-order valence-electron chi connectivity index (χ2n) is 6.72. The molecule has 0 saturated carbocycles. The minimum Gasteiger partial charge on any atom is -0.466 e. The van der Waals surface area contributed by atoms with Crippen LogP contribution in [-0.2, 0) is 29.6 Å². The Kier molecular flexibility index (Phi) is 7.80. The van der Waals surface area contributed by atoms with Crippen molar-refractivity contribution in [2.75, 3.05) is 32.8 Å².